The van der Waals surface area contributed by atoms with Crippen LogP contribution in [0, 0.1) is 0 Å². The van der Waals surface area contributed by atoms with Crippen LogP contribution in [0.1, 0.15) is 10.5 Å². The highest BCUT2D eigenvalue weighted by atomic mass is 16.5. The summed E-state index contributed by atoms with van der Waals surface area (Å²) in [5, 5.41) is 10.1. The topological polar surface area (TPSA) is 72.8 Å². The smallest absolute Gasteiger partial charge is 0.360 e. The number of H-pyrrole nitrogens is 1. The molecule has 2 rings (SSSR count). The van der Waals surface area contributed by atoms with Crippen molar-refractivity contribution in [3.05, 3.63) is 24.0 Å². The first-order valence-electron chi connectivity index (χ1n) is 4.35. The molecule has 0 saturated carbocycles. The lowest BCUT2D eigenvalue weighted by molar-refractivity contribution is 0.0595. The summed E-state index contributed by atoms with van der Waals surface area (Å²) >= 11 is 0. The van der Waals surface area contributed by atoms with Crippen molar-refractivity contribution in [3.63, 3.8) is 0 Å². The molecule has 15 heavy (non-hydrogen) atoms. The van der Waals surface area contributed by atoms with Crippen molar-refractivity contribution < 1.29 is 9.53 Å². The van der Waals surface area contributed by atoms with Crippen molar-refractivity contribution in [1.82, 2.24) is 20.0 Å². The predicted molar refractivity (Wildman–Crippen MR) is 52.1 cm³/mol. The van der Waals surface area contributed by atoms with Gasteiger partial charge in [-0.15, -0.1) is 5.10 Å². The molecule has 2 aromatic rings. The maximum atomic E-state index is 11.3. The van der Waals surface area contributed by atoms with E-state index in [1.807, 2.05) is 29.9 Å². The minimum Gasteiger partial charge on any atom is -0.464 e. The molecule has 0 amide bonds. The highest BCUT2D eigenvalue weighted by Crippen LogP contribution is 2.19. The van der Waals surface area contributed by atoms with Crippen LogP contribution >= 0.6 is 0 Å². The van der Waals surface area contributed by atoms with Gasteiger partial charge in [-0.05, 0) is 12.1 Å². The highest BCUT2D eigenvalue weighted by molar-refractivity contribution is 5.93. The third-order valence-electron chi connectivity index (χ3n) is 2.11. The fourth-order valence-electron chi connectivity index (χ4n) is 1.36. The third-order valence-corrected chi connectivity index (χ3v) is 2.11. The number of ether oxygens (including phenoxy) is 1. The first-order valence-corrected chi connectivity index (χ1v) is 4.35. The number of methoxy groups -OCH3 is 1. The summed E-state index contributed by atoms with van der Waals surface area (Å²) in [5.74, 6) is -0.500. The Morgan fingerprint density at radius 1 is 1.53 bits per heavy atom. The second-order valence-electron chi connectivity index (χ2n) is 3.02. The molecule has 0 bridgehead atoms. The number of hydrogen-bond acceptors (Lipinski definition) is 4. The molecular formula is C9H10N4O2. The number of nitrogens with one attached hydrogen (secondary N) is 1. The van der Waals surface area contributed by atoms with Gasteiger partial charge in [-0.2, -0.15) is 10.3 Å². The van der Waals surface area contributed by atoms with E-state index in [4.69, 9.17) is 0 Å². The number of aromatic amines is 1. The number of hydrogen-bond donors (Lipinski definition) is 1. The normalized spacial score (nSPS) is 10.3. The molecule has 0 aliphatic carbocycles. The van der Waals surface area contributed by atoms with Gasteiger partial charge >= 0.3 is 5.97 Å². The van der Waals surface area contributed by atoms with Crippen LogP contribution in [0.25, 0.3) is 11.4 Å². The second kappa shape index (κ2) is 3.56. The van der Waals surface area contributed by atoms with E-state index >= 15 is 0 Å². The zero-order chi connectivity index (χ0) is 10.8. The average Bonchev–Trinajstić information content (AvgIpc) is 2.84. The first kappa shape index (κ1) is 9.45. The lowest BCUT2D eigenvalue weighted by atomic mass is 10.2. The van der Waals surface area contributed by atoms with E-state index in [-0.39, 0.29) is 5.69 Å². The number of carbonyl (C=O) groups excluding carboxylic acids is 1. The van der Waals surface area contributed by atoms with Crippen LogP contribution in [0.15, 0.2) is 18.3 Å². The standard InChI is InChI=1S/C9H10N4O2/c1-13-5-3-4-6(13)7-8(9(14)15-2)11-12-10-7/h3-5H,1-2H3,(H,10,11,12). The van der Waals surface area contributed by atoms with Crippen LogP contribution in [0.4, 0.5) is 0 Å². The van der Waals surface area contributed by atoms with Crippen LogP contribution in [0.3, 0.4) is 0 Å². The number of aromatic nitrogens is 4. The molecule has 0 spiro atoms. The lowest BCUT2D eigenvalue weighted by Crippen LogP contribution is -2.04. The Labute approximate surface area is 85.9 Å². The van der Waals surface area contributed by atoms with Crippen LogP contribution in [-0.4, -0.2) is 33.1 Å². The maximum absolute atomic E-state index is 11.3. The van der Waals surface area contributed by atoms with Crippen molar-refractivity contribution >= 4 is 5.97 Å². The molecule has 0 aromatic carbocycles. The Balaban J connectivity index is 2.50. The molecule has 0 radical (unpaired) electrons. The van der Waals surface area contributed by atoms with Gasteiger partial charge in [-0.3, -0.25) is 0 Å². The summed E-state index contributed by atoms with van der Waals surface area (Å²) in [5.41, 5.74) is 1.50. The molecule has 0 saturated heterocycles. The summed E-state index contributed by atoms with van der Waals surface area (Å²) < 4.78 is 6.45. The third kappa shape index (κ3) is 1.50. The summed E-state index contributed by atoms with van der Waals surface area (Å²) in [4.78, 5) is 11.3. The maximum Gasteiger partial charge on any atom is 0.360 e. The molecule has 78 valence electrons. The van der Waals surface area contributed by atoms with Gasteiger partial charge in [0.15, 0.2) is 5.69 Å². The highest BCUT2D eigenvalue weighted by Gasteiger charge is 2.19. The van der Waals surface area contributed by atoms with Crippen LogP contribution in [0.5, 0.6) is 0 Å². The van der Waals surface area contributed by atoms with E-state index in [9.17, 15) is 4.79 Å². The van der Waals surface area contributed by atoms with Gasteiger partial charge in [-0.25, -0.2) is 4.79 Å². The monoisotopic (exact) mass is 206 g/mol. The SMILES string of the molecule is COC(=O)c1n[nH]nc1-c1cccn1C. The predicted octanol–water partition coefficient (Wildman–Crippen LogP) is 0.597. The number of aryl methyl sites for hydroxylation is 1. The Bertz CT molecular complexity index is 486. The summed E-state index contributed by atoms with van der Waals surface area (Å²) in [6, 6.07) is 3.72. The largest absolute Gasteiger partial charge is 0.464 e. The Hall–Kier alpha value is -2.11. The first-order chi connectivity index (χ1) is 7.24. The fraction of sp³-hybridized carbons (Fsp3) is 0.222. The second-order valence-corrected chi connectivity index (χ2v) is 3.02. The molecule has 0 atom stereocenters. The minimum atomic E-state index is -0.500. The van der Waals surface area contributed by atoms with Gasteiger partial charge in [0.2, 0.25) is 0 Å². The molecule has 0 unspecified atom stereocenters. The van der Waals surface area contributed by atoms with Crippen molar-refractivity contribution in [2.75, 3.05) is 7.11 Å². The molecule has 6 nitrogen and oxygen atoms in total. The molecule has 0 aliphatic rings. The number of rotatable bonds is 2. The Morgan fingerprint density at radius 2 is 2.33 bits per heavy atom. The van der Waals surface area contributed by atoms with Crippen molar-refractivity contribution in [2.24, 2.45) is 7.05 Å². The van der Waals surface area contributed by atoms with E-state index in [0.717, 1.165) is 5.69 Å². The molecule has 2 aromatic heterocycles. The zero-order valence-corrected chi connectivity index (χ0v) is 8.39. The molecule has 0 fully saturated rings. The van der Waals surface area contributed by atoms with Gasteiger partial charge in [0, 0.05) is 13.2 Å². The van der Waals surface area contributed by atoms with Gasteiger partial charge in [0.05, 0.1) is 12.8 Å². The summed E-state index contributed by atoms with van der Waals surface area (Å²) in [6.45, 7) is 0. The zero-order valence-electron chi connectivity index (χ0n) is 8.39. The quantitative estimate of drug-likeness (QED) is 0.730. The van der Waals surface area contributed by atoms with Crippen LogP contribution < -0.4 is 0 Å². The van der Waals surface area contributed by atoms with E-state index in [0.29, 0.717) is 5.69 Å². The van der Waals surface area contributed by atoms with Crippen LogP contribution in [0.2, 0.25) is 0 Å². The minimum absolute atomic E-state index is 0.194. The number of esters is 1. The van der Waals surface area contributed by atoms with Gasteiger partial charge in [-0.1, -0.05) is 0 Å². The van der Waals surface area contributed by atoms with Gasteiger partial charge < -0.3 is 9.30 Å². The van der Waals surface area contributed by atoms with E-state index in [2.05, 4.69) is 20.1 Å². The van der Waals surface area contributed by atoms with Crippen LogP contribution in [-0.2, 0) is 11.8 Å². The van der Waals surface area contributed by atoms with Crippen molar-refractivity contribution in [2.45, 2.75) is 0 Å². The number of nitrogens with zero attached hydrogens (tertiary/aromatic N) is 3. The molecule has 0 aliphatic heterocycles. The van der Waals surface area contributed by atoms with Crippen molar-refractivity contribution in [1.29, 1.82) is 0 Å². The van der Waals surface area contributed by atoms with Crippen molar-refractivity contribution in [3.8, 4) is 11.4 Å². The molecule has 6 heteroatoms. The summed E-state index contributed by atoms with van der Waals surface area (Å²) in [7, 11) is 3.18. The molecule has 2 heterocycles. The Kier molecular flexibility index (Phi) is 2.24. The van der Waals surface area contributed by atoms with Gasteiger partial charge in [0.25, 0.3) is 0 Å². The molecule has 1 N–H and O–H groups in total. The summed E-state index contributed by atoms with van der Waals surface area (Å²) in [6.07, 6.45) is 1.87. The lowest BCUT2D eigenvalue weighted by Gasteiger charge is -2.00. The fourth-order valence-corrected chi connectivity index (χ4v) is 1.36. The average molecular weight is 206 g/mol. The van der Waals surface area contributed by atoms with E-state index < -0.39 is 5.97 Å². The Morgan fingerprint density at radius 3 is 2.93 bits per heavy atom. The van der Waals surface area contributed by atoms with E-state index in [1.54, 1.807) is 0 Å². The van der Waals surface area contributed by atoms with E-state index in [1.165, 1.54) is 7.11 Å². The number of carbonyl (C=O) groups is 1. The van der Waals surface area contributed by atoms with Gasteiger partial charge in [0.1, 0.15) is 5.69 Å². The molecular weight excluding hydrogens is 196 g/mol.